The first kappa shape index (κ1) is 5.94. The fraction of sp³-hybridized carbons (Fsp3) is 0.333. The van der Waals surface area contributed by atoms with Gasteiger partial charge in [-0.1, -0.05) is 6.08 Å². The fourth-order valence-corrected chi connectivity index (χ4v) is 0.111. The minimum atomic E-state index is -0.875. The second kappa shape index (κ2) is 3.14. The summed E-state index contributed by atoms with van der Waals surface area (Å²) in [5.41, 5.74) is 0. The molecule has 0 radical (unpaired) electrons. The molecule has 4 nitrogen and oxygen atoms in total. The summed E-state index contributed by atoms with van der Waals surface area (Å²) in [6.45, 7) is 1.63. The highest BCUT2D eigenvalue weighted by molar-refractivity contribution is 4.62. The van der Waals surface area contributed by atoms with Gasteiger partial charge in [0.1, 0.15) is 0 Å². The van der Waals surface area contributed by atoms with E-state index in [2.05, 4.69) is 4.84 Å². The lowest BCUT2D eigenvalue weighted by Crippen LogP contribution is -1.90. The zero-order chi connectivity index (χ0) is 5.70. The van der Waals surface area contributed by atoms with Crippen LogP contribution in [0.2, 0.25) is 0 Å². The standard InChI is InChI=1S/C3H5NO3/c1-2-3-7-4(5)6/h2-3H,1H3/b3-2+. The van der Waals surface area contributed by atoms with E-state index in [-0.39, 0.29) is 0 Å². The molecule has 0 aromatic rings. The van der Waals surface area contributed by atoms with Crippen molar-refractivity contribution in [3.63, 3.8) is 0 Å². The lowest BCUT2D eigenvalue weighted by molar-refractivity contribution is -0.737. The molecule has 0 aliphatic rings. The van der Waals surface area contributed by atoms with Gasteiger partial charge in [0.25, 0.3) is 5.09 Å². The van der Waals surface area contributed by atoms with Crippen LogP contribution < -0.4 is 0 Å². The molecule has 0 saturated carbocycles. The van der Waals surface area contributed by atoms with Crippen LogP contribution >= 0.6 is 0 Å². The molecule has 0 fully saturated rings. The Bertz CT molecular complexity index is 88.2. The van der Waals surface area contributed by atoms with Gasteiger partial charge in [-0.3, -0.25) is 4.84 Å². The second-order valence-electron chi connectivity index (χ2n) is 0.798. The fourth-order valence-electron chi connectivity index (χ4n) is 0.111. The molecule has 0 heterocycles. The van der Waals surface area contributed by atoms with E-state index in [0.29, 0.717) is 0 Å². The Kier molecular flexibility index (Phi) is 2.67. The van der Waals surface area contributed by atoms with E-state index in [1.807, 2.05) is 0 Å². The van der Waals surface area contributed by atoms with Crippen molar-refractivity contribution in [3.05, 3.63) is 22.5 Å². The molecule has 4 heteroatoms. The van der Waals surface area contributed by atoms with E-state index in [4.69, 9.17) is 0 Å². The van der Waals surface area contributed by atoms with E-state index in [1.165, 1.54) is 6.08 Å². The van der Waals surface area contributed by atoms with Crippen molar-refractivity contribution in [1.82, 2.24) is 0 Å². The van der Waals surface area contributed by atoms with Crippen molar-refractivity contribution in [3.8, 4) is 0 Å². The zero-order valence-electron chi connectivity index (χ0n) is 3.83. The van der Waals surface area contributed by atoms with Crippen LogP contribution in [-0.4, -0.2) is 5.09 Å². The van der Waals surface area contributed by atoms with Crippen molar-refractivity contribution in [1.29, 1.82) is 0 Å². The predicted octanol–water partition coefficient (Wildman–Crippen LogP) is 0.728. The summed E-state index contributed by atoms with van der Waals surface area (Å²) < 4.78 is 0. The highest BCUT2D eigenvalue weighted by atomic mass is 16.9. The minimum absolute atomic E-state index is 0.875. The van der Waals surface area contributed by atoms with E-state index in [0.717, 1.165) is 6.26 Å². The minimum Gasteiger partial charge on any atom is -0.284 e. The molecule has 0 aliphatic carbocycles. The summed E-state index contributed by atoms with van der Waals surface area (Å²) in [7, 11) is 0. The van der Waals surface area contributed by atoms with Crippen LogP contribution in [0.4, 0.5) is 0 Å². The Balaban J connectivity index is 3.14. The van der Waals surface area contributed by atoms with Crippen LogP contribution in [0, 0.1) is 10.1 Å². The Morgan fingerprint density at radius 1 is 1.86 bits per heavy atom. The van der Waals surface area contributed by atoms with Gasteiger partial charge in [-0.2, -0.15) is 0 Å². The van der Waals surface area contributed by atoms with E-state index >= 15 is 0 Å². The Morgan fingerprint density at radius 3 is 2.57 bits per heavy atom. The van der Waals surface area contributed by atoms with Gasteiger partial charge in [0.15, 0.2) is 0 Å². The molecule has 0 bridgehead atoms. The van der Waals surface area contributed by atoms with Crippen LogP contribution in [0.1, 0.15) is 6.92 Å². The molecule has 0 atom stereocenters. The summed E-state index contributed by atoms with van der Waals surface area (Å²) in [5.74, 6) is 0. The van der Waals surface area contributed by atoms with Crippen molar-refractivity contribution in [2.24, 2.45) is 0 Å². The summed E-state index contributed by atoms with van der Waals surface area (Å²) >= 11 is 0. The number of hydrogen-bond donors (Lipinski definition) is 0. The topological polar surface area (TPSA) is 52.4 Å². The van der Waals surface area contributed by atoms with Crippen molar-refractivity contribution in [2.75, 3.05) is 0 Å². The first-order valence-electron chi connectivity index (χ1n) is 1.69. The largest absolute Gasteiger partial charge is 0.299 e. The molecule has 0 rings (SSSR count). The van der Waals surface area contributed by atoms with Gasteiger partial charge >= 0.3 is 0 Å². The van der Waals surface area contributed by atoms with Gasteiger partial charge < -0.3 is 0 Å². The van der Waals surface area contributed by atoms with Crippen molar-refractivity contribution in [2.45, 2.75) is 6.92 Å². The molecular weight excluding hydrogens is 98.0 g/mol. The molecular formula is C3H5NO3. The normalized spacial score (nSPS) is 9.29. The van der Waals surface area contributed by atoms with Gasteiger partial charge in [0.05, 0.1) is 6.26 Å². The van der Waals surface area contributed by atoms with E-state index in [1.54, 1.807) is 6.92 Å². The van der Waals surface area contributed by atoms with Gasteiger partial charge in [0.2, 0.25) is 0 Å². The molecule has 40 valence electrons. The first-order valence-corrected chi connectivity index (χ1v) is 1.69. The number of nitrogens with zero attached hydrogens (tertiary/aromatic N) is 1. The third-order valence-electron chi connectivity index (χ3n) is 0.283. The Hall–Kier alpha value is -1.06. The molecule has 0 unspecified atom stereocenters. The van der Waals surface area contributed by atoms with Crippen LogP contribution in [0.15, 0.2) is 12.3 Å². The molecule has 0 aromatic heterocycles. The van der Waals surface area contributed by atoms with Gasteiger partial charge in [0, 0.05) is 0 Å². The Morgan fingerprint density at radius 2 is 2.43 bits per heavy atom. The average Bonchev–Trinajstić information content (AvgIpc) is 1.61. The number of hydrogen-bond acceptors (Lipinski definition) is 3. The quantitative estimate of drug-likeness (QED) is 0.294. The highest BCUT2D eigenvalue weighted by Gasteiger charge is 1.82. The maximum Gasteiger partial charge on any atom is 0.299 e. The maximum absolute atomic E-state index is 9.29. The monoisotopic (exact) mass is 103 g/mol. The highest BCUT2D eigenvalue weighted by Crippen LogP contribution is 1.73. The molecule has 0 saturated heterocycles. The van der Waals surface area contributed by atoms with Gasteiger partial charge in [-0.05, 0) is 6.92 Å². The predicted molar refractivity (Wildman–Crippen MR) is 22.9 cm³/mol. The van der Waals surface area contributed by atoms with Crippen molar-refractivity contribution >= 4 is 0 Å². The molecule has 0 amide bonds. The van der Waals surface area contributed by atoms with E-state index in [9.17, 15) is 10.1 Å². The lowest BCUT2D eigenvalue weighted by atomic mass is 10.7. The summed E-state index contributed by atoms with van der Waals surface area (Å²) in [4.78, 5) is 13.0. The van der Waals surface area contributed by atoms with Gasteiger partial charge in [-0.15, -0.1) is 10.1 Å². The zero-order valence-corrected chi connectivity index (χ0v) is 3.83. The SMILES string of the molecule is C/C=C/O[N+](=O)[O-]. The lowest BCUT2D eigenvalue weighted by Gasteiger charge is -1.80. The third-order valence-corrected chi connectivity index (χ3v) is 0.283. The average molecular weight is 103 g/mol. The molecule has 0 aliphatic heterocycles. The maximum atomic E-state index is 9.29. The van der Waals surface area contributed by atoms with E-state index < -0.39 is 5.09 Å². The smallest absolute Gasteiger partial charge is 0.284 e. The third kappa shape index (κ3) is 4.94. The number of rotatable bonds is 2. The Labute approximate surface area is 40.5 Å². The van der Waals surface area contributed by atoms with Crippen LogP contribution in [-0.2, 0) is 4.84 Å². The molecule has 0 aromatic carbocycles. The summed E-state index contributed by atoms with van der Waals surface area (Å²) in [5, 5.41) is 8.42. The van der Waals surface area contributed by atoms with Gasteiger partial charge in [-0.25, -0.2) is 0 Å². The summed E-state index contributed by atoms with van der Waals surface area (Å²) in [6, 6.07) is 0. The summed E-state index contributed by atoms with van der Waals surface area (Å²) in [6.07, 6.45) is 2.43. The second-order valence-corrected chi connectivity index (χ2v) is 0.798. The van der Waals surface area contributed by atoms with Crippen LogP contribution in [0.25, 0.3) is 0 Å². The van der Waals surface area contributed by atoms with Crippen LogP contribution in [0.3, 0.4) is 0 Å². The van der Waals surface area contributed by atoms with Crippen molar-refractivity contribution < 1.29 is 9.92 Å². The van der Waals surface area contributed by atoms with Crippen LogP contribution in [0.5, 0.6) is 0 Å². The first-order chi connectivity index (χ1) is 3.27. The molecule has 0 spiro atoms. The molecule has 7 heavy (non-hydrogen) atoms. The number of allylic oxidation sites excluding steroid dienone is 1. The molecule has 0 N–H and O–H groups in total.